The van der Waals surface area contributed by atoms with Gasteiger partial charge in [-0.05, 0) is 43.5 Å². The zero-order valence-corrected chi connectivity index (χ0v) is 22.7. The Balaban J connectivity index is 0.00000247. The molecule has 4 N–H and O–H groups in total. The fraction of sp³-hybridized carbons (Fsp3) is 0.296. The second-order valence-electron chi connectivity index (χ2n) is 7.54. The normalized spacial score (nSPS) is 10.6. The molecule has 200 valence electrons. The predicted molar refractivity (Wildman–Crippen MR) is 146 cm³/mol. The molecule has 0 aliphatic rings. The third-order valence-corrected chi connectivity index (χ3v) is 5.78. The molecule has 0 spiro atoms. The van der Waals surface area contributed by atoms with Gasteiger partial charge < -0.3 is 25.8 Å². The van der Waals surface area contributed by atoms with Crippen LogP contribution in [0.15, 0.2) is 41.8 Å². The minimum Gasteiger partial charge on any atom is -0.508 e. The van der Waals surface area contributed by atoms with Crippen LogP contribution in [0.2, 0.25) is 0 Å². The summed E-state index contributed by atoms with van der Waals surface area (Å²) >= 11 is 1.26. The number of thiophene rings is 1. The Kier molecular flexibility index (Phi) is 11.7. The maximum Gasteiger partial charge on any atom is 0.330 e. The average Bonchev–Trinajstić information content (AvgIpc) is 3.44. The van der Waals surface area contributed by atoms with Gasteiger partial charge in [0.05, 0.1) is 35.5 Å². The molecular weight excluding hydrogens is 506 g/mol. The standard InChI is InChI=1S/C25H25N5O5S.C2H6/c1-15-21(16(2)29-25(28-15)26-11-5-8-17-7-4-9-18(31)13-17)23(33)30-19(24(34)35-3)14-27-22(32)20-10-6-12-36-20;1-2/h4,6-7,9-10,12-13,19,31H,11,14H2,1-3H3,(H,27,32)(H,30,33)(H,26,28,29);1-2H3. The molecule has 3 rings (SSSR count). The number of hydrogen-bond acceptors (Lipinski definition) is 9. The van der Waals surface area contributed by atoms with Crippen LogP contribution < -0.4 is 16.0 Å². The molecule has 3 aromatic rings. The van der Waals surface area contributed by atoms with Crippen molar-refractivity contribution in [3.8, 4) is 17.6 Å². The second-order valence-corrected chi connectivity index (χ2v) is 8.48. The number of aromatic nitrogens is 2. The van der Waals surface area contributed by atoms with Crippen molar-refractivity contribution in [2.24, 2.45) is 0 Å². The van der Waals surface area contributed by atoms with Gasteiger partial charge in [-0.3, -0.25) is 9.59 Å². The molecular formula is C27H31N5O5S. The number of ether oxygens (including phenoxy) is 1. The van der Waals surface area contributed by atoms with Gasteiger partial charge >= 0.3 is 5.97 Å². The number of rotatable bonds is 8. The number of amides is 2. The van der Waals surface area contributed by atoms with Crippen LogP contribution in [0.1, 0.15) is 50.8 Å². The molecule has 0 bridgehead atoms. The number of nitrogens with zero attached hydrogens (tertiary/aromatic N) is 2. The number of nitrogens with one attached hydrogen (secondary N) is 3. The van der Waals surface area contributed by atoms with Crippen molar-refractivity contribution in [1.82, 2.24) is 20.6 Å². The number of hydrogen-bond donors (Lipinski definition) is 4. The van der Waals surface area contributed by atoms with E-state index in [4.69, 9.17) is 4.74 Å². The summed E-state index contributed by atoms with van der Waals surface area (Å²) in [5.41, 5.74) is 1.68. The van der Waals surface area contributed by atoms with Crippen molar-refractivity contribution in [1.29, 1.82) is 0 Å². The van der Waals surface area contributed by atoms with Crippen LogP contribution in [0.5, 0.6) is 5.75 Å². The van der Waals surface area contributed by atoms with E-state index in [-0.39, 0.29) is 30.3 Å². The van der Waals surface area contributed by atoms with Gasteiger partial charge in [0.2, 0.25) is 5.95 Å². The first kappa shape index (κ1) is 29.8. The van der Waals surface area contributed by atoms with E-state index in [9.17, 15) is 19.5 Å². The zero-order chi connectivity index (χ0) is 28.1. The van der Waals surface area contributed by atoms with E-state index in [0.717, 1.165) is 0 Å². The Morgan fingerprint density at radius 3 is 2.39 bits per heavy atom. The molecule has 2 amide bonds. The smallest absolute Gasteiger partial charge is 0.330 e. The van der Waals surface area contributed by atoms with Gasteiger partial charge in [-0.1, -0.05) is 37.8 Å². The quantitative estimate of drug-likeness (QED) is 0.254. The van der Waals surface area contributed by atoms with Gasteiger partial charge in [-0.2, -0.15) is 0 Å². The largest absolute Gasteiger partial charge is 0.508 e. The summed E-state index contributed by atoms with van der Waals surface area (Å²) in [7, 11) is 1.20. The van der Waals surface area contributed by atoms with Crippen LogP contribution in [0.3, 0.4) is 0 Å². The Labute approximate surface area is 225 Å². The molecule has 1 unspecified atom stereocenters. The molecule has 0 aliphatic heterocycles. The lowest BCUT2D eigenvalue weighted by Gasteiger charge is -2.18. The van der Waals surface area contributed by atoms with Crippen LogP contribution in [-0.4, -0.2) is 59.1 Å². The lowest BCUT2D eigenvalue weighted by Crippen LogP contribution is -2.49. The average molecular weight is 538 g/mol. The highest BCUT2D eigenvalue weighted by Gasteiger charge is 2.25. The number of anilines is 1. The van der Waals surface area contributed by atoms with Crippen molar-refractivity contribution >= 4 is 35.1 Å². The molecule has 0 fully saturated rings. The Bertz CT molecular complexity index is 1290. The summed E-state index contributed by atoms with van der Waals surface area (Å²) in [4.78, 5) is 46.5. The van der Waals surface area contributed by atoms with Crippen LogP contribution in [0.25, 0.3) is 0 Å². The van der Waals surface area contributed by atoms with E-state index in [1.54, 1.807) is 55.6 Å². The summed E-state index contributed by atoms with van der Waals surface area (Å²) in [6.45, 7) is 7.40. The van der Waals surface area contributed by atoms with E-state index >= 15 is 0 Å². The number of methoxy groups -OCH3 is 1. The SMILES string of the molecule is CC.COC(=O)C(CNC(=O)c1cccs1)NC(=O)c1c(C)nc(NCC#Cc2cccc(O)c2)nc1C. The van der Waals surface area contributed by atoms with E-state index in [0.29, 0.717) is 27.8 Å². The van der Waals surface area contributed by atoms with Gasteiger partial charge in [0.1, 0.15) is 11.8 Å². The van der Waals surface area contributed by atoms with Crippen molar-refractivity contribution in [2.45, 2.75) is 33.7 Å². The molecule has 0 radical (unpaired) electrons. The fourth-order valence-electron chi connectivity index (χ4n) is 3.23. The van der Waals surface area contributed by atoms with Crippen LogP contribution in [-0.2, 0) is 9.53 Å². The monoisotopic (exact) mass is 537 g/mol. The number of aromatic hydroxyl groups is 1. The lowest BCUT2D eigenvalue weighted by molar-refractivity contribution is -0.142. The van der Waals surface area contributed by atoms with Crippen molar-refractivity contribution < 1.29 is 24.2 Å². The highest BCUT2D eigenvalue weighted by Crippen LogP contribution is 2.14. The fourth-order valence-corrected chi connectivity index (χ4v) is 3.87. The van der Waals surface area contributed by atoms with Crippen molar-refractivity contribution in [3.05, 3.63) is 69.2 Å². The number of aryl methyl sites for hydroxylation is 2. The summed E-state index contributed by atoms with van der Waals surface area (Å²) in [5, 5.41) is 19.5. The van der Waals surface area contributed by atoms with E-state index in [1.807, 2.05) is 13.8 Å². The van der Waals surface area contributed by atoms with E-state index < -0.39 is 17.9 Å². The number of phenols is 1. The second kappa shape index (κ2) is 15.0. The third kappa shape index (κ3) is 8.60. The first-order valence-electron chi connectivity index (χ1n) is 11.9. The highest BCUT2D eigenvalue weighted by molar-refractivity contribution is 7.12. The Hall–Kier alpha value is -4.43. The topological polar surface area (TPSA) is 143 Å². The molecule has 2 aromatic heterocycles. The maximum absolute atomic E-state index is 13.0. The molecule has 0 saturated carbocycles. The van der Waals surface area contributed by atoms with Gasteiger partial charge in [0, 0.05) is 12.1 Å². The third-order valence-electron chi connectivity index (χ3n) is 4.91. The molecule has 2 heterocycles. The molecule has 11 heteroatoms. The number of carbonyl (C=O) groups is 3. The van der Waals surface area contributed by atoms with Gasteiger partial charge in [0.25, 0.3) is 11.8 Å². The Morgan fingerprint density at radius 2 is 1.79 bits per heavy atom. The summed E-state index contributed by atoms with van der Waals surface area (Å²) in [6.07, 6.45) is 0. The van der Waals surface area contributed by atoms with Crippen LogP contribution >= 0.6 is 11.3 Å². The summed E-state index contributed by atoms with van der Waals surface area (Å²) < 4.78 is 4.77. The van der Waals surface area contributed by atoms with E-state index in [2.05, 4.69) is 37.8 Å². The summed E-state index contributed by atoms with van der Waals surface area (Å²) in [6, 6.07) is 8.90. The molecule has 0 saturated heterocycles. The highest BCUT2D eigenvalue weighted by atomic mass is 32.1. The Morgan fingerprint density at radius 1 is 1.08 bits per heavy atom. The molecule has 1 aromatic carbocycles. The summed E-state index contributed by atoms with van der Waals surface area (Å²) in [5.74, 6) is 4.64. The number of carbonyl (C=O) groups excluding carboxylic acids is 3. The first-order valence-corrected chi connectivity index (χ1v) is 12.7. The van der Waals surface area contributed by atoms with E-state index in [1.165, 1.54) is 18.4 Å². The lowest BCUT2D eigenvalue weighted by atomic mass is 10.1. The predicted octanol–water partition coefficient (Wildman–Crippen LogP) is 3.05. The minimum absolute atomic E-state index is 0.137. The number of phenolic OH excluding ortho intramolecular Hbond substituents is 1. The van der Waals surface area contributed by atoms with Crippen molar-refractivity contribution in [3.63, 3.8) is 0 Å². The molecule has 10 nitrogen and oxygen atoms in total. The first-order chi connectivity index (χ1) is 18.3. The van der Waals surface area contributed by atoms with Crippen LogP contribution in [0, 0.1) is 25.7 Å². The molecule has 1 atom stereocenters. The number of benzene rings is 1. The molecule has 38 heavy (non-hydrogen) atoms. The zero-order valence-electron chi connectivity index (χ0n) is 21.9. The minimum atomic E-state index is -1.10. The molecule has 0 aliphatic carbocycles. The van der Waals surface area contributed by atoms with Gasteiger partial charge in [-0.15, -0.1) is 11.3 Å². The maximum atomic E-state index is 13.0. The van der Waals surface area contributed by atoms with Crippen molar-refractivity contribution in [2.75, 3.05) is 25.5 Å². The van der Waals surface area contributed by atoms with Gasteiger partial charge in [-0.25, -0.2) is 14.8 Å². The van der Waals surface area contributed by atoms with Crippen LogP contribution in [0.4, 0.5) is 5.95 Å². The number of esters is 1. The van der Waals surface area contributed by atoms with Gasteiger partial charge in [0.15, 0.2) is 0 Å².